The highest BCUT2D eigenvalue weighted by molar-refractivity contribution is 7.99. The Morgan fingerprint density at radius 3 is 2.68 bits per heavy atom. The van der Waals surface area contributed by atoms with E-state index in [9.17, 15) is 4.79 Å². The van der Waals surface area contributed by atoms with E-state index in [1.165, 1.54) is 5.56 Å². The lowest BCUT2D eigenvalue weighted by atomic mass is 10.1. The average Bonchev–Trinajstić information content (AvgIpc) is 2.75. The Balaban J connectivity index is 2.12. The van der Waals surface area contributed by atoms with Gasteiger partial charge in [-0.2, -0.15) is 11.8 Å². The van der Waals surface area contributed by atoms with Gasteiger partial charge in [-0.05, 0) is 44.7 Å². The van der Waals surface area contributed by atoms with Gasteiger partial charge in [-0.15, -0.1) is 0 Å². The first-order valence-electron chi connectivity index (χ1n) is 6.42. The predicted octanol–water partition coefficient (Wildman–Crippen LogP) is 2.65. The Morgan fingerprint density at radius 1 is 1.32 bits per heavy atom. The van der Waals surface area contributed by atoms with Crippen LogP contribution in [0.4, 0.5) is 0 Å². The number of rotatable bonds is 5. The van der Waals surface area contributed by atoms with Crippen LogP contribution in [0, 0.1) is 0 Å². The molecule has 4 nitrogen and oxygen atoms in total. The molecule has 1 aromatic carbocycles. The van der Waals surface area contributed by atoms with Gasteiger partial charge in [0.25, 0.3) is 0 Å². The molecule has 0 aliphatic heterocycles. The van der Waals surface area contributed by atoms with Gasteiger partial charge in [-0.25, -0.2) is 4.79 Å². The number of hydrogen-bond acceptors (Lipinski definition) is 3. The summed E-state index contributed by atoms with van der Waals surface area (Å²) in [6.07, 6.45) is 2.13. The number of thioether (sulfide) groups is 1. The first-order chi connectivity index (χ1) is 8.91. The number of hydrogen-bond donors (Lipinski definition) is 3. The number of nitrogens with one attached hydrogen (secondary N) is 3. The van der Waals surface area contributed by atoms with Crippen molar-refractivity contribution in [1.29, 1.82) is 0 Å². The largest absolute Gasteiger partial charge is 0.323 e. The summed E-state index contributed by atoms with van der Waals surface area (Å²) in [6, 6.07) is 6.28. The third kappa shape index (κ3) is 3.42. The van der Waals surface area contributed by atoms with E-state index < -0.39 is 0 Å². The second-order valence-corrected chi connectivity index (χ2v) is 6.96. The van der Waals surface area contributed by atoms with E-state index >= 15 is 0 Å². The molecule has 1 heterocycles. The number of imidazole rings is 1. The average molecular weight is 279 g/mol. The summed E-state index contributed by atoms with van der Waals surface area (Å²) in [5, 5.41) is 3.54. The molecule has 0 bridgehead atoms. The zero-order valence-electron chi connectivity index (χ0n) is 11.8. The second-order valence-electron chi connectivity index (χ2n) is 5.45. The molecule has 5 heteroatoms. The Hall–Kier alpha value is -1.20. The minimum Gasteiger partial charge on any atom is -0.309 e. The van der Waals surface area contributed by atoms with Gasteiger partial charge in [0.15, 0.2) is 0 Å². The van der Waals surface area contributed by atoms with Gasteiger partial charge in [0.2, 0.25) is 0 Å². The fraction of sp³-hybridized carbons (Fsp3) is 0.500. The number of benzene rings is 1. The van der Waals surface area contributed by atoms with Gasteiger partial charge < -0.3 is 15.3 Å². The lowest BCUT2D eigenvalue weighted by molar-refractivity contribution is 0.523. The van der Waals surface area contributed by atoms with Crippen molar-refractivity contribution in [3.63, 3.8) is 0 Å². The summed E-state index contributed by atoms with van der Waals surface area (Å²) < 4.78 is 0.223. The molecule has 1 unspecified atom stereocenters. The van der Waals surface area contributed by atoms with Gasteiger partial charge in [-0.3, -0.25) is 0 Å². The molecule has 19 heavy (non-hydrogen) atoms. The normalized spacial score (nSPS) is 13.9. The molecule has 0 aliphatic rings. The molecule has 0 spiro atoms. The molecular weight excluding hydrogens is 258 g/mol. The number of aromatic amines is 2. The maximum atomic E-state index is 11.2. The van der Waals surface area contributed by atoms with Crippen molar-refractivity contribution in [1.82, 2.24) is 15.3 Å². The van der Waals surface area contributed by atoms with Crippen LogP contribution in [0.2, 0.25) is 0 Å². The highest BCUT2D eigenvalue weighted by Gasteiger charge is 2.17. The van der Waals surface area contributed by atoms with Crippen LogP contribution in [0.5, 0.6) is 0 Å². The van der Waals surface area contributed by atoms with Crippen LogP contribution in [0.1, 0.15) is 32.4 Å². The van der Waals surface area contributed by atoms with Crippen LogP contribution >= 0.6 is 11.8 Å². The summed E-state index contributed by atoms with van der Waals surface area (Å²) in [5.41, 5.74) is 2.74. The minimum atomic E-state index is -0.156. The summed E-state index contributed by atoms with van der Waals surface area (Å²) in [6.45, 7) is 7.54. The Kier molecular flexibility index (Phi) is 4.06. The molecule has 2 rings (SSSR count). The molecule has 0 amide bonds. The fourth-order valence-corrected chi connectivity index (χ4v) is 2.14. The van der Waals surface area contributed by atoms with E-state index in [1.54, 1.807) is 0 Å². The van der Waals surface area contributed by atoms with Crippen LogP contribution < -0.4 is 11.0 Å². The molecule has 0 fully saturated rings. The molecule has 1 atom stereocenters. The molecule has 0 saturated carbocycles. The van der Waals surface area contributed by atoms with Gasteiger partial charge in [0.05, 0.1) is 11.0 Å². The van der Waals surface area contributed by atoms with E-state index in [0.717, 1.165) is 17.6 Å². The first kappa shape index (κ1) is 14.2. The van der Waals surface area contributed by atoms with E-state index in [4.69, 9.17) is 0 Å². The third-order valence-electron chi connectivity index (χ3n) is 3.43. The van der Waals surface area contributed by atoms with Gasteiger partial charge >= 0.3 is 5.69 Å². The van der Waals surface area contributed by atoms with Crippen LogP contribution in [-0.2, 0) is 0 Å². The second kappa shape index (κ2) is 5.43. The summed E-state index contributed by atoms with van der Waals surface area (Å²) >= 11 is 1.86. The number of fused-ring (bicyclic) bond motifs is 1. The van der Waals surface area contributed by atoms with Crippen LogP contribution in [-0.4, -0.2) is 27.5 Å². The lowest BCUT2D eigenvalue weighted by Crippen LogP contribution is -2.33. The minimum absolute atomic E-state index is 0.156. The fourth-order valence-electron chi connectivity index (χ4n) is 1.91. The van der Waals surface area contributed by atoms with Gasteiger partial charge in [0.1, 0.15) is 0 Å². The number of H-pyrrole nitrogens is 2. The van der Waals surface area contributed by atoms with Crippen molar-refractivity contribution in [2.24, 2.45) is 0 Å². The zero-order chi connectivity index (χ0) is 14.0. The third-order valence-corrected chi connectivity index (χ3v) is 4.68. The first-order valence-corrected chi connectivity index (χ1v) is 7.64. The van der Waals surface area contributed by atoms with Crippen molar-refractivity contribution in [2.45, 2.75) is 31.6 Å². The maximum absolute atomic E-state index is 11.2. The quantitative estimate of drug-likeness (QED) is 0.788. The zero-order valence-corrected chi connectivity index (χ0v) is 12.6. The van der Waals surface area contributed by atoms with Crippen LogP contribution in [0.3, 0.4) is 0 Å². The highest BCUT2D eigenvalue weighted by Crippen LogP contribution is 2.22. The summed E-state index contributed by atoms with van der Waals surface area (Å²) in [5.74, 6) is 0. The molecular formula is C14H21N3OS. The SMILES string of the molecule is CSC(C)(C)CNC(C)c1ccc2[nH]c(=O)[nH]c2c1. The monoisotopic (exact) mass is 279 g/mol. The van der Waals surface area contributed by atoms with E-state index in [2.05, 4.69) is 48.4 Å². The number of aromatic nitrogens is 2. The lowest BCUT2D eigenvalue weighted by Gasteiger charge is -2.25. The van der Waals surface area contributed by atoms with E-state index in [-0.39, 0.29) is 16.5 Å². The van der Waals surface area contributed by atoms with Crippen molar-refractivity contribution < 1.29 is 0 Å². The molecule has 0 saturated heterocycles. The van der Waals surface area contributed by atoms with Gasteiger partial charge in [-0.1, -0.05) is 6.07 Å². The van der Waals surface area contributed by atoms with Crippen LogP contribution in [0.25, 0.3) is 11.0 Å². The van der Waals surface area contributed by atoms with Crippen molar-refractivity contribution >= 4 is 22.8 Å². The van der Waals surface area contributed by atoms with Gasteiger partial charge in [0, 0.05) is 17.3 Å². The molecule has 0 aliphatic carbocycles. The predicted molar refractivity (Wildman–Crippen MR) is 82.9 cm³/mol. The smallest absolute Gasteiger partial charge is 0.309 e. The van der Waals surface area contributed by atoms with Crippen molar-refractivity contribution in [3.8, 4) is 0 Å². The van der Waals surface area contributed by atoms with E-state index in [1.807, 2.05) is 23.9 Å². The Bertz CT molecular complexity index is 614. The maximum Gasteiger partial charge on any atom is 0.323 e. The molecule has 3 N–H and O–H groups in total. The molecule has 0 radical (unpaired) electrons. The molecule has 2 aromatic rings. The Labute approximate surface area is 117 Å². The topological polar surface area (TPSA) is 60.7 Å². The van der Waals surface area contributed by atoms with Crippen molar-refractivity contribution in [3.05, 3.63) is 34.2 Å². The molecule has 1 aromatic heterocycles. The standard InChI is InChI=1S/C14H21N3OS/c1-9(15-8-14(2,3)19-4)10-5-6-11-12(7-10)17-13(18)16-11/h5-7,9,15H,8H2,1-4H3,(H2,16,17,18). The highest BCUT2D eigenvalue weighted by atomic mass is 32.2. The van der Waals surface area contributed by atoms with Crippen LogP contribution in [0.15, 0.2) is 23.0 Å². The Morgan fingerprint density at radius 2 is 2.00 bits per heavy atom. The summed E-state index contributed by atoms with van der Waals surface area (Å²) in [4.78, 5) is 16.8. The van der Waals surface area contributed by atoms with E-state index in [0.29, 0.717) is 0 Å². The van der Waals surface area contributed by atoms with Crippen molar-refractivity contribution in [2.75, 3.05) is 12.8 Å². The molecule has 104 valence electrons. The summed E-state index contributed by atoms with van der Waals surface area (Å²) in [7, 11) is 0.